The predicted molar refractivity (Wildman–Crippen MR) is 90.7 cm³/mol. The van der Waals surface area contributed by atoms with Gasteiger partial charge in [0.25, 0.3) is 0 Å². The predicted octanol–water partition coefficient (Wildman–Crippen LogP) is 2.70. The second-order valence-corrected chi connectivity index (χ2v) is 5.33. The Balaban J connectivity index is 2.51. The third kappa shape index (κ3) is 3.32. The first-order valence-corrected chi connectivity index (χ1v) is 7.20. The highest BCUT2D eigenvalue weighted by atomic mass is 16.5. The maximum atomic E-state index is 12.7. The number of aromatic carboxylic acids is 1. The van der Waals surface area contributed by atoms with Crippen molar-refractivity contribution in [2.24, 2.45) is 0 Å². The molecular formula is C18H19NO5. The number of carboxylic acid groups (broad SMARTS) is 1. The lowest BCUT2D eigenvalue weighted by Crippen LogP contribution is -2.14. The average molecular weight is 329 g/mol. The molecule has 6 heteroatoms. The topological polar surface area (TPSA) is 76.1 Å². The Hall–Kier alpha value is -3.02. The third-order valence-electron chi connectivity index (χ3n) is 3.64. The molecule has 0 aromatic heterocycles. The minimum atomic E-state index is -1.15. The summed E-state index contributed by atoms with van der Waals surface area (Å²) in [4.78, 5) is 26.1. The van der Waals surface area contributed by atoms with Gasteiger partial charge in [-0.2, -0.15) is 0 Å². The minimum absolute atomic E-state index is 0.0408. The molecule has 0 aliphatic carbocycles. The molecule has 0 atom stereocenters. The van der Waals surface area contributed by atoms with E-state index in [0.29, 0.717) is 22.7 Å². The van der Waals surface area contributed by atoms with Crippen molar-refractivity contribution in [3.63, 3.8) is 0 Å². The fourth-order valence-corrected chi connectivity index (χ4v) is 2.32. The molecule has 0 saturated carbocycles. The molecular weight excluding hydrogens is 310 g/mol. The van der Waals surface area contributed by atoms with E-state index in [0.717, 1.165) is 0 Å². The van der Waals surface area contributed by atoms with Crippen LogP contribution < -0.4 is 14.4 Å². The molecule has 0 saturated heterocycles. The van der Waals surface area contributed by atoms with Gasteiger partial charge >= 0.3 is 5.97 Å². The van der Waals surface area contributed by atoms with E-state index >= 15 is 0 Å². The zero-order valence-corrected chi connectivity index (χ0v) is 14.0. The SMILES string of the molecule is COc1ccc(C(=O)c2ccc(N(C)C)cc2C(=O)O)cc1OC. The Morgan fingerprint density at radius 1 is 0.917 bits per heavy atom. The van der Waals surface area contributed by atoms with Crippen molar-refractivity contribution in [2.45, 2.75) is 0 Å². The molecule has 2 rings (SSSR count). The number of hydrogen-bond acceptors (Lipinski definition) is 5. The number of rotatable bonds is 6. The molecule has 0 fully saturated rings. The zero-order valence-electron chi connectivity index (χ0n) is 14.0. The lowest BCUT2D eigenvalue weighted by Gasteiger charge is -2.15. The number of ketones is 1. The van der Waals surface area contributed by atoms with Crippen LogP contribution in [-0.2, 0) is 0 Å². The van der Waals surface area contributed by atoms with Crippen LogP contribution in [0, 0.1) is 0 Å². The molecule has 0 heterocycles. The summed E-state index contributed by atoms with van der Waals surface area (Å²) < 4.78 is 10.3. The van der Waals surface area contributed by atoms with Gasteiger partial charge < -0.3 is 19.5 Å². The van der Waals surface area contributed by atoms with Gasteiger partial charge in [-0.25, -0.2) is 4.79 Å². The monoisotopic (exact) mass is 329 g/mol. The van der Waals surface area contributed by atoms with Gasteiger partial charge in [-0.05, 0) is 36.4 Å². The largest absolute Gasteiger partial charge is 0.493 e. The Morgan fingerprint density at radius 3 is 2.12 bits per heavy atom. The average Bonchev–Trinajstić information content (AvgIpc) is 2.59. The standard InChI is InChI=1S/C18H19NO5/c1-19(2)12-6-7-13(14(10-12)18(21)22)17(20)11-5-8-15(23-3)16(9-11)24-4/h5-10H,1-4H3,(H,21,22). The Morgan fingerprint density at radius 2 is 1.58 bits per heavy atom. The number of nitrogens with zero attached hydrogens (tertiary/aromatic N) is 1. The Kier molecular flexibility index (Phi) is 5.08. The van der Waals surface area contributed by atoms with Crippen molar-refractivity contribution in [3.05, 3.63) is 53.1 Å². The second-order valence-electron chi connectivity index (χ2n) is 5.33. The van der Waals surface area contributed by atoms with Crippen LogP contribution in [-0.4, -0.2) is 45.2 Å². The number of carbonyl (C=O) groups is 2. The molecule has 126 valence electrons. The first kappa shape index (κ1) is 17.3. The van der Waals surface area contributed by atoms with Crippen molar-refractivity contribution < 1.29 is 24.2 Å². The van der Waals surface area contributed by atoms with Crippen LogP contribution >= 0.6 is 0 Å². The van der Waals surface area contributed by atoms with Crippen LogP contribution in [0.3, 0.4) is 0 Å². The van der Waals surface area contributed by atoms with E-state index in [4.69, 9.17) is 9.47 Å². The molecule has 2 aromatic carbocycles. The fraction of sp³-hybridized carbons (Fsp3) is 0.222. The summed E-state index contributed by atoms with van der Waals surface area (Å²) in [5.41, 5.74) is 1.12. The molecule has 24 heavy (non-hydrogen) atoms. The van der Waals surface area contributed by atoms with Gasteiger partial charge in [0.05, 0.1) is 19.8 Å². The first-order chi connectivity index (χ1) is 11.4. The summed E-state index contributed by atoms with van der Waals surface area (Å²) in [7, 11) is 6.58. The first-order valence-electron chi connectivity index (χ1n) is 7.20. The lowest BCUT2D eigenvalue weighted by atomic mass is 9.97. The van der Waals surface area contributed by atoms with E-state index in [1.54, 1.807) is 37.2 Å². The van der Waals surface area contributed by atoms with E-state index in [-0.39, 0.29) is 11.1 Å². The van der Waals surface area contributed by atoms with Crippen molar-refractivity contribution in [3.8, 4) is 11.5 Å². The van der Waals surface area contributed by atoms with Crippen molar-refractivity contribution in [1.82, 2.24) is 0 Å². The molecule has 0 radical (unpaired) electrons. The van der Waals surface area contributed by atoms with Crippen molar-refractivity contribution in [1.29, 1.82) is 0 Å². The normalized spacial score (nSPS) is 10.2. The van der Waals surface area contributed by atoms with Crippen LogP contribution in [0.15, 0.2) is 36.4 Å². The minimum Gasteiger partial charge on any atom is -0.493 e. The number of methoxy groups -OCH3 is 2. The van der Waals surface area contributed by atoms with E-state index in [1.165, 1.54) is 32.4 Å². The summed E-state index contributed by atoms with van der Waals surface area (Å²) in [5.74, 6) is -0.637. The van der Waals surface area contributed by atoms with Crippen LogP contribution in [0.5, 0.6) is 11.5 Å². The van der Waals surface area contributed by atoms with Gasteiger partial charge in [-0.3, -0.25) is 4.79 Å². The molecule has 0 unspecified atom stereocenters. The molecule has 0 spiro atoms. The van der Waals surface area contributed by atoms with Gasteiger partial charge in [0.2, 0.25) is 0 Å². The van der Waals surface area contributed by atoms with Crippen LogP contribution in [0.4, 0.5) is 5.69 Å². The van der Waals surface area contributed by atoms with Crippen LogP contribution in [0.1, 0.15) is 26.3 Å². The highest BCUT2D eigenvalue weighted by Crippen LogP contribution is 2.29. The molecule has 6 nitrogen and oxygen atoms in total. The maximum absolute atomic E-state index is 12.7. The molecule has 0 amide bonds. The quantitative estimate of drug-likeness (QED) is 0.821. The number of carboxylic acids is 1. The van der Waals surface area contributed by atoms with Gasteiger partial charge in [0, 0.05) is 30.9 Å². The lowest BCUT2D eigenvalue weighted by molar-refractivity contribution is 0.0693. The van der Waals surface area contributed by atoms with Gasteiger partial charge in [0.1, 0.15) is 0 Å². The summed E-state index contributed by atoms with van der Waals surface area (Å²) in [6.07, 6.45) is 0. The summed E-state index contributed by atoms with van der Waals surface area (Å²) in [6, 6.07) is 9.44. The molecule has 0 aliphatic rings. The summed E-state index contributed by atoms with van der Waals surface area (Å²) in [6.45, 7) is 0. The number of anilines is 1. The Bertz CT molecular complexity index is 783. The fourth-order valence-electron chi connectivity index (χ4n) is 2.32. The third-order valence-corrected chi connectivity index (χ3v) is 3.64. The molecule has 2 aromatic rings. The number of carbonyl (C=O) groups excluding carboxylic acids is 1. The zero-order chi connectivity index (χ0) is 17.9. The molecule has 0 bridgehead atoms. The van der Waals surface area contributed by atoms with E-state index < -0.39 is 11.8 Å². The summed E-state index contributed by atoms with van der Waals surface area (Å²) in [5, 5.41) is 9.44. The Labute approximate surface area is 140 Å². The van der Waals surface area contributed by atoms with Crippen LogP contribution in [0.25, 0.3) is 0 Å². The highest BCUT2D eigenvalue weighted by Gasteiger charge is 2.20. The number of hydrogen-bond donors (Lipinski definition) is 1. The summed E-state index contributed by atoms with van der Waals surface area (Å²) >= 11 is 0. The number of benzene rings is 2. The van der Waals surface area contributed by atoms with E-state index in [9.17, 15) is 14.7 Å². The highest BCUT2D eigenvalue weighted by molar-refractivity contribution is 6.14. The van der Waals surface area contributed by atoms with E-state index in [2.05, 4.69) is 0 Å². The maximum Gasteiger partial charge on any atom is 0.336 e. The van der Waals surface area contributed by atoms with Gasteiger partial charge in [-0.15, -0.1) is 0 Å². The smallest absolute Gasteiger partial charge is 0.336 e. The van der Waals surface area contributed by atoms with E-state index in [1.807, 2.05) is 0 Å². The molecule has 0 aliphatic heterocycles. The van der Waals surface area contributed by atoms with Crippen molar-refractivity contribution in [2.75, 3.05) is 33.2 Å². The van der Waals surface area contributed by atoms with Gasteiger partial charge in [-0.1, -0.05) is 0 Å². The molecule has 1 N–H and O–H groups in total. The van der Waals surface area contributed by atoms with Crippen LogP contribution in [0.2, 0.25) is 0 Å². The second kappa shape index (κ2) is 7.04. The number of ether oxygens (including phenoxy) is 2. The van der Waals surface area contributed by atoms with Crippen molar-refractivity contribution >= 4 is 17.4 Å². The van der Waals surface area contributed by atoms with Gasteiger partial charge in [0.15, 0.2) is 17.3 Å².